The highest BCUT2D eigenvalue weighted by atomic mass is 19.1. The van der Waals surface area contributed by atoms with Crippen molar-refractivity contribution in [1.82, 2.24) is 15.6 Å². The third kappa shape index (κ3) is 4.69. The van der Waals surface area contributed by atoms with E-state index in [1.807, 2.05) is 7.05 Å². The smallest absolute Gasteiger partial charge is 0.414 e. The summed E-state index contributed by atoms with van der Waals surface area (Å²) in [4.78, 5) is 19.5. The summed E-state index contributed by atoms with van der Waals surface area (Å²) in [5, 5.41) is 13.5. The second kappa shape index (κ2) is 9.44. The Labute approximate surface area is 169 Å². The fraction of sp³-hybridized carbons (Fsp3) is 0.350. The molecule has 3 N–H and O–H groups in total. The van der Waals surface area contributed by atoms with Crippen molar-refractivity contribution >= 4 is 23.9 Å². The van der Waals surface area contributed by atoms with Gasteiger partial charge in [0.2, 0.25) is 0 Å². The maximum absolute atomic E-state index is 14.8. The number of rotatable bonds is 9. The van der Waals surface area contributed by atoms with Crippen LogP contribution in [0.1, 0.15) is 0 Å². The van der Waals surface area contributed by atoms with Crippen LogP contribution >= 0.6 is 0 Å². The van der Waals surface area contributed by atoms with E-state index in [-0.39, 0.29) is 6.10 Å². The van der Waals surface area contributed by atoms with E-state index in [9.17, 15) is 9.18 Å². The average molecular weight is 400 g/mol. The van der Waals surface area contributed by atoms with Crippen molar-refractivity contribution in [3.05, 3.63) is 42.3 Å². The highest BCUT2D eigenvalue weighted by Crippen LogP contribution is 2.29. The molecule has 1 amide bonds. The van der Waals surface area contributed by atoms with Gasteiger partial charge in [-0.1, -0.05) is 0 Å². The van der Waals surface area contributed by atoms with Gasteiger partial charge in [-0.3, -0.25) is 10.3 Å². The maximum Gasteiger partial charge on any atom is 0.414 e. The third-order valence-corrected chi connectivity index (χ3v) is 4.68. The van der Waals surface area contributed by atoms with Gasteiger partial charge in [-0.2, -0.15) is 0 Å². The number of halogens is 1. The van der Waals surface area contributed by atoms with Crippen molar-refractivity contribution in [3.63, 3.8) is 0 Å². The molecule has 1 aromatic heterocycles. The van der Waals surface area contributed by atoms with Crippen molar-refractivity contribution in [2.24, 2.45) is 0 Å². The van der Waals surface area contributed by atoms with Gasteiger partial charge in [-0.15, -0.1) is 0 Å². The molecule has 1 aliphatic heterocycles. The number of anilines is 2. The molecule has 9 heteroatoms. The molecule has 0 saturated carbocycles. The van der Waals surface area contributed by atoms with Gasteiger partial charge in [0.25, 0.3) is 0 Å². The Balaban J connectivity index is 1.77. The second-order valence-electron chi connectivity index (χ2n) is 6.67. The lowest BCUT2D eigenvalue weighted by molar-refractivity contribution is 0.141. The van der Waals surface area contributed by atoms with Gasteiger partial charge < -0.3 is 20.3 Å². The Morgan fingerprint density at radius 3 is 2.79 bits per heavy atom. The molecule has 29 heavy (non-hydrogen) atoms. The van der Waals surface area contributed by atoms with Crippen LogP contribution in [0.4, 0.5) is 20.7 Å². The molecule has 1 fully saturated rings. The summed E-state index contributed by atoms with van der Waals surface area (Å²) in [6.07, 6.45) is 2.06. The van der Waals surface area contributed by atoms with Crippen LogP contribution in [0.5, 0.6) is 0 Å². The number of nitrogens with zero attached hydrogens (tertiary/aromatic N) is 3. The minimum absolute atomic E-state index is 0.258. The van der Waals surface area contributed by atoms with Gasteiger partial charge >= 0.3 is 6.09 Å². The van der Waals surface area contributed by atoms with Gasteiger partial charge in [0.05, 0.1) is 18.6 Å². The Morgan fingerprint density at radius 2 is 2.17 bits per heavy atom. The number of hydrogen-bond acceptors (Lipinski definition) is 6. The quantitative estimate of drug-likeness (QED) is 0.441. The molecular formula is C20H25FN6O2. The molecule has 0 aliphatic carbocycles. The highest BCUT2D eigenvalue weighted by molar-refractivity contribution is 5.90. The molecule has 2 aromatic rings. The lowest BCUT2D eigenvalue weighted by Crippen LogP contribution is -2.29. The molecule has 0 spiro atoms. The topological polar surface area (TPSA) is 93.6 Å². The monoisotopic (exact) mass is 400 g/mol. The zero-order valence-corrected chi connectivity index (χ0v) is 16.5. The first-order valence-corrected chi connectivity index (χ1v) is 9.38. The van der Waals surface area contributed by atoms with E-state index in [1.54, 1.807) is 42.4 Å². The van der Waals surface area contributed by atoms with Crippen LogP contribution < -0.4 is 20.4 Å². The van der Waals surface area contributed by atoms with E-state index in [1.165, 1.54) is 17.3 Å². The van der Waals surface area contributed by atoms with Gasteiger partial charge in [-0.25, -0.2) is 14.2 Å². The fourth-order valence-electron chi connectivity index (χ4n) is 3.17. The van der Waals surface area contributed by atoms with Crippen LogP contribution in [0.3, 0.4) is 0 Å². The first kappa shape index (κ1) is 20.7. The predicted octanol–water partition coefficient (Wildman–Crippen LogP) is 2.07. The predicted molar refractivity (Wildman–Crippen MR) is 111 cm³/mol. The zero-order valence-electron chi connectivity index (χ0n) is 16.5. The number of cyclic esters (lactones) is 1. The molecule has 1 aliphatic rings. The van der Waals surface area contributed by atoms with Crippen molar-refractivity contribution < 1.29 is 13.9 Å². The van der Waals surface area contributed by atoms with Crippen LogP contribution in [0, 0.1) is 11.2 Å². The average Bonchev–Trinajstić information content (AvgIpc) is 3.09. The lowest BCUT2D eigenvalue weighted by Gasteiger charge is -2.18. The summed E-state index contributed by atoms with van der Waals surface area (Å²) in [5.74, 6) is 0.174. The van der Waals surface area contributed by atoms with E-state index in [4.69, 9.17) is 10.1 Å². The fourth-order valence-corrected chi connectivity index (χ4v) is 3.17. The molecule has 3 rings (SSSR count). The summed E-state index contributed by atoms with van der Waals surface area (Å²) < 4.78 is 20.0. The minimum Gasteiger partial charge on any atom is -0.443 e. The second-order valence-corrected chi connectivity index (χ2v) is 6.67. The lowest BCUT2D eigenvalue weighted by atomic mass is 10.1. The van der Waals surface area contributed by atoms with E-state index >= 15 is 0 Å². The van der Waals surface area contributed by atoms with Gasteiger partial charge in [0, 0.05) is 37.0 Å². The number of hydrogen-bond donors (Lipinski definition) is 3. The SMILES string of the molecule is CNCCN(C=N)c1ccc(-c2ccc(N3CC(CNC)OC3=O)cc2F)cn1. The molecule has 2 heterocycles. The zero-order chi connectivity index (χ0) is 20.8. The van der Waals surface area contributed by atoms with Crippen LogP contribution in [0.15, 0.2) is 36.5 Å². The van der Waals surface area contributed by atoms with Gasteiger partial charge in [0.1, 0.15) is 17.7 Å². The summed E-state index contributed by atoms with van der Waals surface area (Å²) in [6.45, 7) is 2.24. The van der Waals surface area contributed by atoms with Gasteiger partial charge in [0.15, 0.2) is 0 Å². The number of pyridine rings is 1. The van der Waals surface area contributed by atoms with E-state index in [2.05, 4.69) is 15.6 Å². The van der Waals surface area contributed by atoms with Gasteiger partial charge in [-0.05, 0) is 44.4 Å². The molecule has 1 saturated heterocycles. The summed E-state index contributed by atoms with van der Waals surface area (Å²) in [6, 6.07) is 8.19. The van der Waals surface area contributed by atoms with Crippen molar-refractivity contribution in [2.75, 3.05) is 50.1 Å². The summed E-state index contributed by atoms with van der Waals surface area (Å²) in [7, 11) is 3.63. The Morgan fingerprint density at radius 1 is 1.34 bits per heavy atom. The molecule has 1 unspecified atom stereocenters. The summed E-state index contributed by atoms with van der Waals surface area (Å²) in [5.41, 5.74) is 1.47. The summed E-state index contributed by atoms with van der Waals surface area (Å²) >= 11 is 0. The number of likely N-dealkylation sites (N-methyl/N-ethyl adjacent to an activating group) is 2. The maximum atomic E-state index is 14.8. The Hall–Kier alpha value is -3.04. The van der Waals surface area contributed by atoms with E-state index in [0.717, 1.165) is 0 Å². The van der Waals surface area contributed by atoms with Crippen LogP contribution in [0.2, 0.25) is 0 Å². The molecule has 1 atom stereocenters. The van der Waals surface area contributed by atoms with Crippen LogP contribution in [-0.4, -0.2) is 63.8 Å². The normalized spacial score (nSPS) is 16.0. The number of aromatic nitrogens is 1. The molecular weight excluding hydrogens is 375 g/mol. The largest absolute Gasteiger partial charge is 0.443 e. The van der Waals surface area contributed by atoms with Crippen molar-refractivity contribution in [3.8, 4) is 11.1 Å². The number of nitrogens with one attached hydrogen (secondary N) is 3. The molecule has 8 nitrogen and oxygen atoms in total. The number of amides is 1. The molecule has 0 bridgehead atoms. The Bertz CT molecular complexity index is 861. The Kier molecular flexibility index (Phi) is 6.73. The van der Waals surface area contributed by atoms with Crippen LogP contribution in [-0.2, 0) is 4.74 Å². The number of ether oxygens (including phenoxy) is 1. The number of benzene rings is 1. The van der Waals surface area contributed by atoms with Crippen LogP contribution in [0.25, 0.3) is 11.1 Å². The molecule has 1 aromatic carbocycles. The number of carbonyl (C=O) groups is 1. The molecule has 154 valence electrons. The van der Waals surface area contributed by atoms with Crippen molar-refractivity contribution in [1.29, 1.82) is 5.41 Å². The molecule has 0 radical (unpaired) electrons. The van der Waals surface area contributed by atoms with E-state index < -0.39 is 11.9 Å². The third-order valence-electron chi connectivity index (χ3n) is 4.68. The van der Waals surface area contributed by atoms with E-state index in [0.29, 0.717) is 48.8 Å². The minimum atomic E-state index is -0.475. The highest BCUT2D eigenvalue weighted by Gasteiger charge is 2.32. The first-order valence-electron chi connectivity index (χ1n) is 9.38. The van der Waals surface area contributed by atoms with Crippen molar-refractivity contribution in [2.45, 2.75) is 6.10 Å². The first-order chi connectivity index (χ1) is 14.1. The number of carbonyl (C=O) groups excluding carboxylic acids is 1. The standard InChI is InChI=1S/C20H25FN6O2/c1-23-7-8-26(13-22)19-6-3-14(10-25-19)17-5-4-15(9-18(17)21)27-12-16(11-24-2)29-20(27)28/h3-6,9-10,13,16,22-24H,7-8,11-12H2,1-2H3.